The van der Waals surface area contributed by atoms with Crippen LogP contribution in [0.15, 0.2) is 61.1 Å². The van der Waals surface area contributed by atoms with Gasteiger partial charge in [-0.1, -0.05) is 12.1 Å². The van der Waals surface area contributed by atoms with Crippen LogP contribution in [0.4, 0.5) is 5.82 Å². The van der Waals surface area contributed by atoms with Gasteiger partial charge in [0.05, 0.1) is 0 Å². The van der Waals surface area contributed by atoms with Crippen LogP contribution in [-0.4, -0.2) is 34.5 Å². The molecule has 3 rings (SSSR count). The summed E-state index contributed by atoms with van der Waals surface area (Å²) in [5.41, 5.74) is 2.58. The second-order valence-corrected chi connectivity index (χ2v) is 5.75. The number of pyridine rings is 2. The molecule has 128 valence electrons. The molecule has 0 unspecified atom stereocenters. The number of hydrogen-bond donors (Lipinski definition) is 2. The maximum absolute atomic E-state index is 12.1. The highest BCUT2D eigenvalue weighted by atomic mass is 16.1. The first-order valence-electron chi connectivity index (χ1n) is 8.20. The smallest absolute Gasteiger partial charge is 0.267 e. The topological polar surface area (TPSA) is 73.9 Å². The first-order valence-corrected chi connectivity index (χ1v) is 8.20. The summed E-state index contributed by atoms with van der Waals surface area (Å²) < 4.78 is 0. The van der Waals surface area contributed by atoms with Crippen molar-refractivity contribution < 1.29 is 4.79 Å². The number of amides is 1. The van der Waals surface area contributed by atoms with Crippen LogP contribution in [0.1, 0.15) is 21.7 Å². The molecule has 0 atom stereocenters. The number of rotatable bonds is 7. The summed E-state index contributed by atoms with van der Waals surface area (Å²) in [5.74, 6) is 0.737. The van der Waals surface area contributed by atoms with Crippen LogP contribution >= 0.6 is 0 Å². The molecule has 0 aromatic carbocycles. The van der Waals surface area contributed by atoms with Crippen LogP contribution in [0, 0.1) is 0 Å². The van der Waals surface area contributed by atoms with Gasteiger partial charge in [0.1, 0.15) is 11.5 Å². The van der Waals surface area contributed by atoms with Gasteiger partial charge in [-0.25, -0.2) is 4.98 Å². The molecular formula is C19H21N5O. The van der Waals surface area contributed by atoms with E-state index in [1.165, 1.54) is 0 Å². The predicted octanol–water partition coefficient (Wildman–Crippen LogP) is 2.41. The van der Waals surface area contributed by atoms with Crippen molar-refractivity contribution in [3.63, 3.8) is 0 Å². The highest BCUT2D eigenvalue weighted by Crippen LogP contribution is 2.16. The molecule has 0 saturated carbocycles. The average Bonchev–Trinajstić information content (AvgIpc) is 3.20. The average molecular weight is 335 g/mol. The van der Waals surface area contributed by atoms with Crippen LogP contribution in [0.5, 0.6) is 0 Å². The normalized spacial score (nSPS) is 10.4. The number of hydrogen-bond acceptors (Lipinski definition) is 4. The van der Waals surface area contributed by atoms with Gasteiger partial charge < -0.3 is 15.2 Å². The summed E-state index contributed by atoms with van der Waals surface area (Å²) >= 11 is 0. The van der Waals surface area contributed by atoms with Gasteiger partial charge in [-0.05, 0) is 30.3 Å². The SMILES string of the molecule is CN(CCc1ccccn1)c1ncccc1CNC(=O)c1ccc[nH]1. The molecule has 0 aliphatic rings. The molecule has 0 saturated heterocycles. The Bertz CT molecular complexity index is 802. The van der Waals surface area contributed by atoms with E-state index in [9.17, 15) is 4.79 Å². The van der Waals surface area contributed by atoms with E-state index in [-0.39, 0.29) is 5.91 Å². The number of aromatic nitrogens is 3. The Morgan fingerprint density at radius 3 is 2.76 bits per heavy atom. The van der Waals surface area contributed by atoms with E-state index >= 15 is 0 Å². The van der Waals surface area contributed by atoms with E-state index in [1.54, 1.807) is 30.7 Å². The predicted molar refractivity (Wildman–Crippen MR) is 97.4 cm³/mol. The minimum atomic E-state index is -0.129. The lowest BCUT2D eigenvalue weighted by Gasteiger charge is -2.21. The Morgan fingerprint density at radius 2 is 2.00 bits per heavy atom. The zero-order chi connectivity index (χ0) is 17.5. The molecule has 0 aliphatic heterocycles. The lowest BCUT2D eigenvalue weighted by atomic mass is 10.2. The summed E-state index contributed by atoms with van der Waals surface area (Å²) in [7, 11) is 2.00. The van der Waals surface area contributed by atoms with Crippen LogP contribution in [0.3, 0.4) is 0 Å². The van der Waals surface area contributed by atoms with Gasteiger partial charge in [-0.2, -0.15) is 0 Å². The number of nitrogens with one attached hydrogen (secondary N) is 2. The molecule has 0 radical (unpaired) electrons. The number of carbonyl (C=O) groups is 1. The Labute approximate surface area is 146 Å². The first kappa shape index (κ1) is 16.7. The van der Waals surface area contributed by atoms with Crippen molar-refractivity contribution in [1.82, 2.24) is 20.3 Å². The fourth-order valence-corrected chi connectivity index (χ4v) is 2.59. The van der Waals surface area contributed by atoms with Gasteiger partial charge in [-0.3, -0.25) is 9.78 Å². The number of H-pyrrole nitrogens is 1. The largest absolute Gasteiger partial charge is 0.359 e. The maximum Gasteiger partial charge on any atom is 0.267 e. The standard InChI is InChI=1S/C19H21N5O/c1-24(13-9-16-7-2-3-10-20-16)18-15(6-4-12-22-18)14-23-19(25)17-8-5-11-21-17/h2-8,10-12,21H,9,13-14H2,1H3,(H,23,25). The van der Waals surface area contributed by atoms with Gasteiger partial charge in [0, 0.05) is 56.4 Å². The number of nitrogens with zero attached hydrogens (tertiary/aromatic N) is 3. The van der Waals surface area contributed by atoms with E-state index in [4.69, 9.17) is 0 Å². The molecule has 1 amide bonds. The molecule has 2 N–H and O–H groups in total. The molecule has 25 heavy (non-hydrogen) atoms. The minimum absolute atomic E-state index is 0.129. The summed E-state index contributed by atoms with van der Waals surface area (Å²) in [5, 5.41) is 2.92. The summed E-state index contributed by atoms with van der Waals surface area (Å²) in [6.45, 7) is 1.22. The number of anilines is 1. The van der Waals surface area contributed by atoms with Crippen molar-refractivity contribution in [2.45, 2.75) is 13.0 Å². The van der Waals surface area contributed by atoms with Gasteiger partial charge in [0.15, 0.2) is 0 Å². The van der Waals surface area contributed by atoms with Gasteiger partial charge >= 0.3 is 0 Å². The summed E-state index contributed by atoms with van der Waals surface area (Å²) in [6, 6.07) is 13.3. The van der Waals surface area contributed by atoms with Gasteiger partial charge in [0.25, 0.3) is 5.91 Å². The van der Waals surface area contributed by atoms with Crippen molar-refractivity contribution >= 4 is 11.7 Å². The third-order valence-corrected chi connectivity index (χ3v) is 3.94. The molecule has 3 heterocycles. The van der Waals surface area contributed by atoms with Gasteiger partial charge in [-0.15, -0.1) is 0 Å². The fourth-order valence-electron chi connectivity index (χ4n) is 2.59. The van der Waals surface area contributed by atoms with Crippen LogP contribution in [0.25, 0.3) is 0 Å². The van der Waals surface area contributed by atoms with Crippen LogP contribution < -0.4 is 10.2 Å². The van der Waals surface area contributed by atoms with Crippen LogP contribution in [-0.2, 0) is 13.0 Å². The Morgan fingerprint density at radius 1 is 1.12 bits per heavy atom. The minimum Gasteiger partial charge on any atom is -0.359 e. The molecule has 0 spiro atoms. The third-order valence-electron chi connectivity index (χ3n) is 3.94. The molecule has 0 fully saturated rings. The third kappa shape index (κ3) is 4.44. The maximum atomic E-state index is 12.1. The lowest BCUT2D eigenvalue weighted by Crippen LogP contribution is -2.27. The molecule has 3 aromatic rings. The van der Waals surface area contributed by atoms with E-state index in [2.05, 4.69) is 25.2 Å². The Kier molecular flexibility index (Phi) is 5.41. The van der Waals surface area contributed by atoms with Gasteiger partial charge in [0.2, 0.25) is 0 Å². The molecule has 6 heteroatoms. The number of likely N-dealkylation sites (N-methyl/N-ethyl adjacent to an activating group) is 1. The van der Waals surface area contributed by atoms with E-state index < -0.39 is 0 Å². The quantitative estimate of drug-likeness (QED) is 0.695. The Balaban J connectivity index is 1.62. The van der Waals surface area contributed by atoms with Crippen LogP contribution in [0.2, 0.25) is 0 Å². The Hall–Kier alpha value is -3.15. The molecule has 0 aliphatic carbocycles. The van der Waals surface area contributed by atoms with Crippen molar-refractivity contribution in [2.75, 3.05) is 18.5 Å². The molecule has 6 nitrogen and oxygen atoms in total. The second-order valence-electron chi connectivity index (χ2n) is 5.75. The van der Waals surface area contributed by atoms with E-state index in [0.29, 0.717) is 12.2 Å². The first-order chi connectivity index (χ1) is 12.2. The summed E-state index contributed by atoms with van der Waals surface area (Å²) in [6.07, 6.45) is 6.14. The van der Waals surface area contributed by atoms with Crippen molar-refractivity contribution in [1.29, 1.82) is 0 Å². The highest BCUT2D eigenvalue weighted by molar-refractivity contribution is 5.92. The lowest BCUT2D eigenvalue weighted by molar-refractivity contribution is 0.0946. The molecular weight excluding hydrogens is 314 g/mol. The summed E-state index contributed by atoms with van der Waals surface area (Å²) in [4.78, 5) is 25.9. The van der Waals surface area contributed by atoms with Crippen molar-refractivity contribution in [3.8, 4) is 0 Å². The van der Waals surface area contributed by atoms with Crippen molar-refractivity contribution in [2.24, 2.45) is 0 Å². The fraction of sp³-hybridized carbons (Fsp3) is 0.211. The van der Waals surface area contributed by atoms with Crippen molar-refractivity contribution in [3.05, 3.63) is 78.0 Å². The zero-order valence-electron chi connectivity index (χ0n) is 14.1. The van der Waals surface area contributed by atoms with E-state index in [0.717, 1.165) is 30.0 Å². The van der Waals surface area contributed by atoms with E-state index in [1.807, 2.05) is 37.4 Å². The highest BCUT2D eigenvalue weighted by Gasteiger charge is 2.11. The second kappa shape index (κ2) is 8.10. The zero-order valence-corrected chi connectivity index (χ0v) is 14.1. The number of carbonyl (C=O) groups excluding carboxylic acids is 1. The molecule has 3 aromatic heterocycles. The number of aromatic amines is 1. The monoisotopic (exact) mass is 335 g/mol. The molecule has 0 bridgehead atoms.